The SMILES string of the molecule is c1ccc(-n2cc(CCNC3=NCCCN3)cn2)cc1. The normalized spacial score (nSPS) is 14.5. The largest absolute Gasteiger partial charge is 0.356 e. The molecule has 1 aromatic carbocycles. The van der Waals surface area contributed by atoms with Gasteiger partial charge in [-0.05, 0) is 30.5 Å². The van der Waals surface area contributed by atoms with Crippen molar-refractivity contribution in [3.8, 4) is 5.69 Å². The molecule has 104 valence electrons. The van der Waals surface area contributed by atoms with Gasteiger partial charge >= 0.3 is 0 Å². The number of rotatable bonds is 4. The van der Waals surface area contributed by atoms with E-state index in [-0.39, 0.29) is 0 Å². The smallest absolute Gasteiger partial charge is 0.191 e. The Balaban J connectivity index is 1.54. The molecule has 0 radical (unpaired) electrons. The molecule has 5 heteroatoms. The van der Waals surface area contributed by atoms with Crippen LogP contribution in [0, 0.1) is 0 Å². The number of aromatic nitrogens is 2. The van der Waals surface area contributed by atoms with Crippen molar-refractivity contribution in [2.45, 2.75) is 12.8 Å². The van der Waals surface area contributed by atoms with E-state index in [0.29, 0.717) is 0 Å². The van der Waals surface area contributed by atoms with E-state index in [1.807, 2.05) is 29.1 Å². The summed E-state index contributed by atoms with van der Waals surface area (Å²) in [4.78, 5) is 4.39. The lowest BCUT2D eigenvalue weighted by molar-refractivity contribution is 0.700. The van der Waals surface area contributed by atoms with E-state index >= 15 is 0 Å². The summed E-state index contributed by atoms with van der Waals surface area (Å²) in [6.07, 6.45) is 6.06. The molecule has 2 N–H and O–H groups in total. The van der Waals surface area contributed by atoms with Crippen LogP contribution < -0.4 is 10.6 Å². The zero-order valence-electron chi connectivity index (χ0n) is 11.4. The van der Waals surface area contributed by atoms with E-state index in [2.05, 4.69) is 39.1 Å². The van der Waals surface area contributed by atoms with Crippen LogP contribution in [0.25, 0.3) is 5.69 Å². The van der Waals surface area contributed by atoms with E-state index in [1.165, 1.54) is 5.56 Å². The molecule has 0 amide bonds. The third-order valence-electron chi connectivity index (χ3n) is 3.26. The number of nitrogens with one attached hydrogen (secondary N) is 2. The third-order valence-corrected chi connectivity index (χ3v) is 3.26. The summed E-state index contributed by atoms with van der Waals surface area (Å²) in [6.45, 7) is 2.80. The minimum absolute atomic E-state index is 0.867. The predicted octanol–water partition coefficient (Wildman–Crippen LogP) is 1.35. The van der Waals surface area contributed by atoms with Crippen LogP contribution in [0.15, 0.2) is 47.7 Å². The molecule has 1 aliphatic rings. The molecule has 20 heavy (non-hydrogen) atoms. The van der Waals surface area contributed by atoms with Crippen LogP contribution in [0.2, 0.25) is 0 Å². The van der Waals surface area contributed by atoms with Crippen LogP contribution in [0.4, 0.5) is 0 Å². The van der Waals surface area contributed by atoms with Crippen molar-refractivity contribution in [2.75, 3.05) is 19.6 Å². The highest BCUT2D eigenvalue weighted by molar-refractivity contribution is 5.80. The maximum absolute atomic E-state index is 4.39. The molecule has 1 aromatic heterocycles. The van der Waals surface area contributed by atoms with E-state index < -0.39 is 0 Å². The number of para-hydroxylation sites is 1. The van der Waals surface area contributed by atoms with E-state index in [9.17, 15) is 0 Å². The van der Waals surface area contributed by atoms with Gasteiger partial charge in [-0.2, -0.15) is 5.10 Å². The first-order valence-electron chi connectivity index (χ1n) is 7.03. The fraction of sp³-hybridized carbons (Fsp3) is 0.333. The van der Waals surface area contributed by atoms with Gasteiger partial charge in [-0.3, -0.25) is 4.99 Å². The molecule has 2 heterocycles. The van der Waals surface area contributed by atoms with Gasteiger partial charge in [0.15, 0.2) is 5.96 Å². The summed E-state index contributed by atoms with van der Waals surface area (Å²) in [5.41, 5.74) is 2.31. The van der Waals surface area contributed by atoms with Gasteiger partial charge in [0, 0.05) is 25.8 Å². The fourth-order valence-corrected chi connectivity index (χ4v) is 2.19. The Kier molecular flexibility index (Phi) is 3.96. The van der Waals surface area contributed by atoms with Gasteiger partial charge in [0.1, 0.15) is 0 Å². The summed E-state index contributed by atoms with van der Waals surface area (Å²) < 4.78 is 1.91. The van der Waals surface area contributed by atoms with Crippen LogP contribution >= 0.6 is 0 Å². The topological polar surface area (TPSA) is 54.2 Å². The highest BCUT2D eigenvalue weighted by Crippen LogP contribution is 2.07. The number of hydrogen-bond acceptors (Lipinski definition) is 4. The second-order valence-corrected chi connectivity index (χ2v) is 4.82. The molecule has 0 fully saturated rings. The molecule has 5 nitrogen and oxygen atoms in total. The maximum Gasteiger partial charge on any atom is 0.191 e. The standard InChI is InChI=1S/C15H19N5/c1-2-5-14(6-3-1)20-12-13(11-19-20)7-10-18-15-16-8-4-9-17-15/h1-3,5-6,11-12H,4,7-10H2,(H2,16,17,18). The molecule has 2 aromatic rings. The average molecular weight is 269 g/mol. The molecule has 0 saturated heterocycles. The molecule has 0 atom stereocenters. The Hall–Kier alpha value is -2.30. The first-order valence-corrected chi connectivity index (χ1v) is 7.03. The molecular weight excluding hydrogens is 250 g/mol. The monoisotopic (exact) mass is 269 g/mol. The molecule has 0 saturated carbocycles. The van der Waals surface area contributed by atoms with Gasteiger partial charge in [0.2, 0.25) is 0 Å². The third kappa shape index (κ3) is 3.17. The summed E-state index contributed by atoms with van der Waals surface area (Å²) in [6, 6.07) is 10.2. The molecule has 0 spiro atoms. The Bertz CT molecular complexity index is 573. The average Bonchev–Trinajstić information content (AvgIpc) is 2.98. The Labute approximate surface area is 118 Å². The highest BCUT2D eigenvalue weighted by Gasteiger charge is 2.04. The molecule has 1 aliphatic heterocycles. The second kappa shape index (κ2) is 6.23. The summed E-state index contributed by atoms with van der Waals surface area (Å²) in [5, 5.41) is 11.0. The minimum Gasteiger partial charge on any atom is -0.356 e. The van der Waals surface area contributed by atoms with Crippen molar-refractivity contribution >= 4 is 5.96 Å². The van der Waals surface area contributed by atoms with Crippen molar-refractivity contribution in [3.05, 3.63) is 48.3 Å². The second-order valence-electron chi connectivity index (χ2n) is 4.82. The zero-order valence-corrected chi connectivity index (χ0v) is 11.4. The number of aliphatic imine (C=N–C) groups is 1. The summed E-state index contributed by atoms with van der Waals surface area (Å²) in [5.74, 6) is 0.923. The van der Waals surface area contributed by atoms with Gasteiger partial charge in [0.25, 0.3) is 0 Å². The van der Waals surface area contributed by atoms with Gasteiger partial charge < -0.3 is 10.6 Å². The summed E-state index contributed by atoms with van der Waals surface area (Å²) in [7, 11) is 0. The van der Waals surface area contributed by atoms with E-state index in [0.717, 1.165) is 44.1 Å². The van der Waals surface area contributed by atoms with Gasteiger partial charge in [-0.15, -0.1) is 0 Å². The Morgan fingerprint density at radius 1 is 1.25 bits per heavy atom. The molecular formula is C15H19N5. The maximum atomic E-state index is 4.39. The van der Waals surface area contributed by atoms with Crippen molar-refractivity contribution in [2.24, 2.45) is 4.99 Å². The first-order chi connectivity index (χ1) is 9.92. The minimum atomic E-state index is 0.867. The van der Waals surface area contributed by atoms with Crippen LogP contribution in [0.3, 0.4) is 0 Å². The Morgan fingerprint density at radius 3 is 2.95 bits per heavy atom. The van der Waals surface area contributed by atoms with Gasteiger partial charge in [0.05, 0.1) is 11.9 Å². The number of hydrogen-bond donors (Lipinski definition) is 2. The number of guanidine groups is 1. The highest BCUT2D eigenvalue weighted by atomic mass is 15.3. The zero-order chi connectivity index (χ0) is 13.6. The van der Waals surface area contributed by atoms with Crippen LogP contribution in [0.1, 0.15) is 12.0 Å². The molecule has 0 unspecified atom stereocenters. The number of nitrogens with zero attached hydrogens (tertiary/aromatic N) is 3. The lowest BCUT2D eigenvalue weighted by Crippen LogP contribution is -2.41. The van der Waals surface area contributed by atoms with Crippen molar-refractivity contribution in [3.63, 3.8) is 0 Å². The number of benzene rings is 1. The first kappa shape index (κ1) is 12.7. The van der Waals surface area contributed by atoms with Crippen LogP contribution in [-0.2, 0) is 6.42 Å². The molecule has 0 bridgehead atoms. The molecule has 0 aliphatic carbocycles. The quantitative estimate of drug-likeness (QED) is 0.881. The lowest BCUT2D eigenvalue weighted by Gasteiger charge is -2.15. The Morgan fingerprint density at radius 2 is 2.15 bits per heavy atom. The van der Waals surface area contributed by atoms with E-state index in [4.69, 9.17) is 0 Å². The van der Waals surface area contributed by atoms with Gasteiger partial charge in [-0.1, -0.05) is 18.2 Å². The van der Waals surface area contributed by atoms with Crippen molar-refractivity contribution in [1.29, 1.82) is 0 Å². The summed E-state index contributed by atoms with van der Waals surface area (Å²) >= 11 is 0. The fourth-order valence-electron chi connectivity index (χ4n) is 2.19. The van der Waals surface area contributed by atoms with Crippen LogP contribution in [-0.4, -0.2) is 35.4 Å². The van der Waals surface area contributed by atoms with Crippen molar-refractivity contribution in [1.82, 2.24) is 20.4 Å². The molecule has 3 rings (SSSR count). The van der Waals surface area contributed by atoms with Gasteiger partial charge in [-0.25, -0.2) is 4.68 Å². The predicted molar refractivity (Wildman–Crippen MR) is 80.2 cm³/mol. The van der Waals surface area contributed by atoms with E-state index in [1.54, 1.807) is 0 Å². The van der Waals surface area contributed by atoms with Crippen LogP contribution in [0.5, 0.6) is 0 Å². The lowest BCUT2D eigenvalue weighted by atomic mass is 10.2. The van der Waals surface area contributed by atoms with Crippen molar-refractivity contribution < 1.29 is 0 Å².